The van der Waals surface area contributed by atoms with E-state index in [-0.39, 0.29) is 60.5 Å². The summed E-state index contributed by atoms with van der Waals surface area (Å²) in [7, 11) is 0. The summed E-state index contributed by atoms with van der Waals surface area (Å²) < 4.78 is 19.4. The predicted octanol–water partition coefficient (Wildman–Crippen LogP) is 2.34. The summed E-state index contributed by atoms with van der Waals surface area (Å²) >= 11 is 0. The first-order valence-corrected chi connectivity index (χ1v) is 22.2. The van der Waals surface area contributed by atoms with Crippen molar-refractivity contribution >= 4 is 63.5 Å². The number of anilines is 2. The van der Waals surface area contributed by atoms with E-state index in [9.17, 15) is 24.0 Å². The zero-order chi connectivity index (χ0) is 46.6. The van der Waals surface area contributed by atoms with Gasteiger partial charge in [-0.2, -0.15) is 10.2 Å². The molecule has 66 heavy (non-hydrogen) atoms. The van der Waals surface area contributed by atoms with Crippen LogP contribution in [0.3, 0.4) is 0 Å². The van der Waals surface area contributed by atoms with Crippen LogP contribution in [0.4, 0.5) is 11.9 Å². The lowest BCUT2D eigenvalue weighted by molar-refractivity contribution is -0.122. The molecular formula is C44H55N15O7. The minimum Gasteiger partial charge on any atom is -0.491 e. The number of hydrogen-bond acceptors (Lipinski definition) is 13. The number of aryl methyl sites for hydroxylation is 5. The van der Waals surface area contributed by atoms with Gasteiger partial charge in [-0.1, -0.05) is 0 Å². The van der Waals surface area contributed by atoms with Crippen molar-refractivity contribution in [3.8, 4) is 11.5 Å². The number of amides is 5. The van der Waals surface area contributed by atoms with Crippen molar-refractivity contribution in [2.24, 2.45) is 11.5 Å². The highest BCUT2D eigenvalue weighted by molar-refractivity contribution is 6.05. The maximum absolute atomic E-state index is 13.9. The highest BCUT2D eigenvalue weighted by Crippen LogP contribution is 2.39. The van der Waals surface area contributed by atoms with Gasteiger partial charge in [0, 0.05) is 63.5 Å². The van der Waals surface area contributed by atoms with Crippen molar-refractivity contribution < 1.29 is 33.4 Å². The molecule has 1 saturated heterocycles. The third-order valence-electron chi connectivity index (χ3n) is 11.7. The molecule has 0 spiro atoms. The van der Waals surface area contributed by atoms with Crippen molar-refractivity contribution in [3.63, 3.8) is 0 Å². The zero-order valence-corrected chi connectivity index (χ0v) is 37.5. The summed E-state index contributed by atoms with van der Waals surface area (Å²) in [6.45, 7) is 13.0. The summed E-state index contributed by atoms with van der Waals surface area (Å²) in [5.41, 5.74) is 15.9. The summed E-state index contributed by atoms with van der Waals surface area (Å²) in [4.78, 5) is 77.0. The second-order valence-corrected chi connectivity index (χ2v) is 16.4. The van der Waals surface area contributed by atoms with Gasteiger partial charge in [0.15, 0.2) is 0 Å². The van der Waals surface area contributed by atoms with E-state index in [0.29, 0.717) is 96.0 Å². The number of carbonyl (C=O) groups excluding carboxylic acids is 5. The van der Waals surface area contributed by atoms with E-state index < -0.39 is 23.6 Å². The van der Waals surface area contributed by atoms with E-state index in [0.717, 1.165) is 26.2 Å². The zero-order valence-electron chi connectivity index (χ0n) is 37.5. The van der Waals surface area contributed by atoms with Gasteiger partial charge in [-0.25, -0.2) is 9.97 Å². The number of rotatable bonds is 19. The van der Waals surface area contributed by atoms with E-state index in [1.54, 1.807) is 51.2 Å². The first-order chi connectivity index (χ1) is 31.8. The summed E-state index contributed by atoms with van der Waals surface area (Å²) in [5.74, 6) is -1.10. The summed E-state index contributed by atoms with van der Waals surface area (Å²) in [5, 5.41) is 21.0. The molecule has 0 unspecified atom stereocenters. The molecule has 6 aromatic rings. The molecule has 22 nitrogen and oxygen atoms in total. The Morgan fingerprint density at radius 1 is 0.833 bits per heavy atom. The number of aromatic nitrogens is 8. The third kappa shape index (κ3) is 9.54. The Morgan fingerprint density at radius 3 is 2.14 bits per heavy atom. The minimum atomic E-state index is -0.684. The Balaban J connectivity index is 1.07. The van der Waals surface area contributed by atoms with Crippen LogP contribution in [0.5, 0.6) is 11.5 Å². The SMILES string of the molecule is CCn1nc(C)cc1C(=O)Nc1nc2c(OCCCNC(=O)CN3CCNCC3)cc(C(N)=O)cc2n1CCC[C@H]1COc2cc(C(N)=O)cc3nc(NC(=O)c4cc(C)nn4CC)n1c23. The number of primary amides is 2. The van der Waals surface area contributed by atoms with Gasteiger partial charge in [-0.05, 0) is 83.4 Å². The molecule has 2 aromatic carbocycles. The van der Waals surface area contributed by atoms with Gasteiger partial charge >= 0.3 is 0 Å². The molecule has 0 saturated carbocycles. The van der Waals surface area contributed by atoms with Gasteiger partial charge < -0.3 is 40.7 Å². The number of nitrogens with two attached hydrogens (primary N) is 2. The standard InChI is InChI=1S/C44H55N15O7/c1-5-57-32(17-25(3)53-57)41(63)51-43-50-37-31(20-28(40(46)62)21-34(37)65-16-8-10-48-36(60)23-55-14-11-47-12-15-55)56(43)13-7-9-29-24-66-35-22-27(39(45)61)19-30-38(35)59(29)44(49-30)52-42(64)33-18-26(4)54-58(33)6-2/h17-22,29,47H,5-16,23-24H2,1-4H3,(H2,45,61)(H2,46,62)(H,48,60)(H,49,52,64)(H,50,51,63)/t29-/m0/s1. The average Bonchev–Trinajstić information content (AvgIpc) is 4.07. The molecule has 0 aliphatic carbocycles. The van der Waals surface area contributed by atoms with E-state index in [2.05, 4.69) is 36.4 Å². The second kappa shape index (κ2) is 19.4. The second-order valence-electron chi connectivity index (χ2n) is 16.4. The molecule has 4 aromatic heterocycles. The van der Waals surface area contributed by atoms with Gasteiger partial charge in [-0.3, -0.25) is 48.9 Å². The number of fused-ring (bicyclic) bond motifs is 1. The van der Waals surface area contributed by atoms with Crippen molar-refractivity contribution in [1.82, 2.24) is 54.2 Å². The van der Waals surface area contributed by atoms with Gasteiger partial charge in [0.25, 0.3) is 11.8 Å². The fourth-order valence-electron chi connectivity index (χ4n) is 8.49. The van der Waals surface area contributed by atoms with Gasteiger partial charge in [-0.15, -0.1) is 0 Å². The summed E-state index contributed by atoms with van der Waals surface area (Å²) in [6.07, 6.45) is 1.43. The van der Waals surface area contributed by atoms with E-state index in [1.165, 1.54) is 6.07 Å². The van der Waals surface area contributed by atoms with Crippen molar-refractivity contribution in [2.75, 3.05) is 63.1 Å². The fourth-order valence-corrected chi connectivity index (χ4v) is 8.49. The topological polar surface area (TPSA) is 278 Å². The van der Waals surface area contributed by atoms with Crippen LogP contribution in [0.15, 0.2) is 36.4 Å². The number of piperazine rings is 1. The van der Waals surface area contributed by atoms with Gasteiger partial charge in [0.05, 0.1) is 41.6 Å². The molecule has 6 heterocycles. The lowest BCUT2D eigenvalue weighted by Crippen LogP contribution is -2.47. The Bertz CT molecular complexity index is 2830. The van der Waals surface area contributed by atoms with Crippen LogP contribution in [-0.2, 0) is 24.4 Å². The molecule has 0 radical (unpaired) electrons. The normalized spacial score (nSPS) is 14.9. The average molecular weight is 906 g/mol. The van der Waals surface area contributed by atoms with E-state index >= 15 is 0 Å². The quantitative estimate of drug-likeness (QED) is 0.0638. The lowest BCUT2D eigenvalue weighted by Gasteiger charge is -2.27. The maximum atomic E-state index is 13.9. The van der Waals surface area contributed by atoms with Crippen LogP contribution in [0, 0.1) is 13.8 Å². The number of imidazole rings is 2. The first kappa shape index (κ1) is 45.2. The highest BCUT2D eigenvalue weighted by atomic mass is 16.5. The van der Waals surface area contributed by atoms with Crippen molar-refractivity contribution in [2.45, 2.75) is 72.6 Å². The molecule has 0 bridgehead atoms. The number of nitrogens with zero attached hydrogens (tertiary/aromatic N) is 9. The smallest absolute Gasteiger partial charge is 0.276 e. The minimum absolute atomic E-state index is 0.0661. The van der Waals surface area contributed by atoms with Gasteiger partial charge in [0.1, 0.15) is 40.5 Å². The maximum Gasteiger partial charge on any atom is 0.276 e. The molecule has 2 aliphatic rings. The third-order valence-corrected chi connectivity index (χ3v) is 11.7. The Morgan fingerprint density at radius 2 is 1.48 bits per heavy atom. The molecular weight excluding hydrogens is 851 g/mol. The number of nitrogens with one attached hydrogen (secondary N) is 4. The van der Waals surface area contributed by atoms with Crippen LogP contribution in [0.2, 0.25) is 0 Å². The molecule has 1 atom stereocenters. The van der Waals surface area contributed by atoms with Crippen LogP contribution in [-0.4, -0.2) is 126 Å². The Labute approximate surface area is 379 Å². The monoisotopic (exact) mass is 905 g/mol. The Kier molecular flexibility index (Phi) is 13.3. The predicted molar refractivity (Wildman–Crippen MR) is 244 cm³/mol. The van der Waals surface area contributed by atoms with Gasteiger partial charge in [0.2, 0.25) is 29.6 Å². The van der Waals surface area contributed by atoms with Crippen LogP contribution >= 0.6 is 0 Å². The number of ether oxygens (including phenoxy) is 2. The van der Waals surface area contributed by atoms with Crippen LogP contribution in [0.25, 0.3) is 22.1 Å². The number of hydrogen-bond donors (Lipinski definition) is 6. The highest BCUT2D eigenvalue weighted by Gasteiger charge is 2.30. The molecule has 8 N–H and O–H groups in total. The molecule has 5 amide bonds. The Hall–Kier alpha value is -7.33. The first-order valence-electron chi connectivity index (χ1n) is 22.2. The van der Waals surface area contributed by atoms with Crippen LogP contribution in [0.1, 0.15) is 92.2 Å². The molecule has 22 heteroatoms. The van der Waals surface area contributed by atoms with E-state index in [1.807, 2.05) is 25.3 Å². The molecule has 8 rings (SSSR count). The lowest BCUT2D eigenvalue weighted by atomic mass is 10.1. The largest absolute Gasteiger partial charge is 0.491 e. The fraction of sp³-hybridized carbons (Fsp3) is 0.432. The molecule has 1 fully saturated rings. The van der Waals surface area contributed by atoms with Crippen molar-refractivity contribution in [1.29, 1.82) is 0 Å². The van der Waals surface area contributed by atoms with E-state index in [4.69, 9.17) is 30.9 Å². The summed E-state index contributed by atoms with van der Waals surface area (Å²) in [6, 6.07) is 9.33. The number of benzene rings is 2. The van der Waals surface area contributed by atoms with Crippen LogP contribution < -0.4 is 42.2 Å². The molecule has 348 valence electrons. The van der Waals surface area contributed by atoms with Crippen molar-refractivity contribution in [3.05, 3.63) is 70.3 Å². The molecule has 2 aliphatic heterocycles. The number of carbonyl (C=O) groups is 5.